The predicted molar refractivity (Wildman–Crippen MR) is 116 cm³/mol. The third-order valence-electron chi connectivity index (χ3n) is 5.30. The molecule has 0 radical (unpaired) electrons. The van der Waals surface area contributed by atoms with Crippen molar-refractivity contribution >= 4 is 11.3 Å². The van der Waals surface area contributed by atoms with Gasteiger partial charge in [0.25, 0.3) is 0 Å². The van der Waals surface area contributed by atoms with Gasteiger partial charge in [0.05, 0.1) is 33.5 Å². The zero-order valence-corrected chi connectivity index (χ0v) is 18.4. The van der Waals surface area contributed by atoms with E-state index >= 15 is 0 Å². The predicted octanol–water partition coefficient (Wildman–Crippen LogP) is 2.77. The Labute approximate surface area is 177 Å². The first-order valence-electron chi connectivity index (χ1n) is 10.0. The Kier molecular flexibility index (Phi) is 8.32. The van der Waals surface area contributed by atoms with E-state index in [0.29, 0.717) is 19.8 Å². The molecule has 29 heavy (non-hydrogen) atoms. The Balaban J connectivity index is 1.41. The molecule has 0 aliphatic carbocycles. The van der Waals surface area contributed by atoms with E-state index in [1.54, 1.807) is 25.6 Å². The average Bonchev–Trinajstić information content (AvgIpc) is 3.24. The summed E-state index contributed by atoms with van der Waals surface area (Å²) in [6.45, 7) is 8.49. The second-order valence-corrected chi connectivity index (χ2v) is 8.49. The fourth-order valence-corrected chi connectivity index (χ4v) is 4.25. The summed E-state index contributed by atoms with van der Waals surface area (Å²) in [5, 5.41) is 12.3. The van der Waals surface area contributed by atoms with Crippen LogP contribution in [0, 0.1) is 6.92 Å². The van der Waals surface area contributed by atoms with E-state index in [1.165, 1.54) is 16.0 Å². The summed E-state index contributed by atoms with van der Waals surface area (Å²) in [7, 11) is 3.34. The van der Waals surface area contributed by atoms with Crippen molar-refractivity contribution in [1.82, 2.24) is 9.80 Å². The number of benzene rings is 1. The van der Waals surface area contributed by atoms with Gasteiger partial charge in [0.2, 0.25) is 0 Å². The molecule has 160 valence electrons. The van der Waals surface area contributed by atoms with Crippen molar-refractivity contribution < 1.29 is 19.3 Å². The first-order valence-corrected chi connectivity index (χ1v) is 10.9. The molecule has 1 N–H and O–H groups in total. The van der Waals surface area contributed by atoms with Crippen LogP contribution in [-0.4, -0.2) is 74.6 Å². The van der Waals surface area contributed by atoms with Crippen LogP contribution in [0.15, 0.2) is 29.6 Å². The molecule has 0 amide bonds. The first-order chi connectivity index (χ1) is 14.1. The number of aryl methyl sites for hydroxylation is 1. The maximum atomic E-state index is 10.3. The van der Waals surface area contributed by atoms with Crippen molar-refractivity contribution in [3.63, 3.8) is 0 Å². The topological polar surface area (TPSA) is 54.4 Å². The van der Waals surface area contributed by atoms with Gasteiger partial charge >= 0.3 is 0 Å². The molecule has 1 fully saturated rings. The van der Waals surface area contributed by atoms with Crippen LogP contribution in [0.2, 0.25) is 0 Å². The number of methoxy groups -OCH3 is 2. The number of aliphatic hydroxyl groups is 1. The molecule has 0 bridgehead atoms. The largest absolute Gasteiger partial charge is 0.493 e. The van der Waals surface area contributed by atoms with E-state index in [0.717, 1.165) is 44.2 Å². The zero-order chi connectivity index (χ0) is 20.6. The molecule has 1 aromatic heterocycles. The molecule has 1 aliphatic rings. The SMILES string of the molecule is COc1cc(C)c(CN2CCN(CC(O)COCc3cccs3)CC2)cc1OC. The summed E-state index contributed by atoms with van der Waals surface area (Å²) in [4.78, 5) is 5.96. The van der Waals surface area contributed by atoms with Gasteiger partial charge in [0.1, 0.15) is 0 Å². The molecular formula is C22H32N2O4S. The van der Waals surface area contributed by atoms with Crippen LogP contribution >= 0.6 is 11.3 Å². The molecule has 0 saturated carbocycles. The summed E-state index contributed by atoms with van der Waals surface area (Å²) < 4.78 is 16.5. The highest BCUT2D eigenvalue weighted by atomic mass is 32.1. The lowest BCUT2D eigenvalue weighted by Crippen LogP contribution is -2.48. The van der Waals surface area contributed by atoms with Gasteiger partial charge in [0.15, 0.2) is 11.5 Å². The van der Waals surface area contributed by atoms with Crippen LogP contribution < -0.4 is 9.47 Å². The highest BCUT2D eigenvalue weighted by Gasteiger charge is 2.20. The van der Waals surface area contributed by atoms with Crippen molar-refractivity contribution in [2.24, 2.45) is 0 Å². The lowest BCUT2D eigenvalue weighted by Gasteiger charge is -2.35. The molecule has 1 aromatic carbocycles. The summed E-state index contributed by atoms with van der Waals surface area (Å²) >= 11 is 1.68. The molecule has 1 aliphatic heterocycles. The lowest BCUT2D eigenvalue weighted by atomic mass is 10.1. The zero-order valence-electron chi connectivity index (χ0n) is 17.6. The minimum Gasteiger partial charge on any atom is -0.493 e. The summed E-state index contributed by atoms with van der Waals surface area (Å²) in [6, 6.07) is 8.19. The van der Waals surface area contributed by atoms with Crippen LogP contribution in [0.1, 0.15) is 16.0 Å². The van der Waals surface area contributed by atoms with Crippen molar-refractivity contribution in [2.45, 2.75) is 26.2 Å². The fourth-order valence-electron chi connectivity index (χ4n) is 3.60. The monoisotopic (exact) mass is 420 g/mol. The second-order valence-electron chi connectivity index (χ2n) is 7.46. The molecule has 1 unspecified atom stereocenters. The van der Waals surface area contributed by atoms with Crippen LogP contribution in [0.3, 0.4) is 0 Å². The van der Waals surface area contributed by atoms with E-state index in [-0.39, 0.29) is 0 Å². The number of hydrogen-bond donors (Lipinski definition) is 1. The van der Waals surface area contributed by atoms with Crippen molar-refractivity contribution in [2.75, 3.05) is 53.6 Å². The number of ether oxygens (including phenoxy) is 3. The molecule has 1 atom stereocenters. The summed E-state index contributed by atoms with van der Waals surface area (Å²) in [5.41, 5.74) is 2.47. The van der Waals surface area contributed by atoms with Crippen LogP contribution in [-0.2, 0) is 17.9 Å². The van der Waals surface area contributed by atoms with Gasteiger partial charge in [0, 0.05) is 44.1 Å². The Morgan fingerprint density at radius 3 is 2.41 bits per heavy atom. The smallest absolute Gasteiger partial charge is 0.161 e. The minimum atomic E-state index is -0.449. The van der Waals surface area contributed by atoms with Gasteiger partial charge in [-0.25, -0.2) is 0 Å². The van der Waals surface area contributed by atoms with E-state index in [9.17, 15) is 5.11 Å². The van der Waals surface area contributed by atoms with Gasteiger partial charge in [-0.1, -0.05) is 6.07 Å². The lowest BCUT2D eigenvalue weighted by molar-refractivity contribution is 0.00151. The molecule has 7 heteroatoms. The summed E-state index contributed by atoms with van der Waals surface area (Å²) in [6.07, 6.45) is -0.449. The first kappa shape index (κ1) is 22.1. The molecule has 6 nitrogen and oxygen atoms in total. The van der Waals surface area contributed by atoms with Gasteiger partial charge in [-0.15, -0.1) is 11.3 Å². The number of rotatable bonds is 10. The Hall–Kier alpha value is -1.64. The van der Waals surface area contributed by atoms with E-state index < -0.39 is 6.10 Å². The maximum Gasteiger partial charge on any atom is 0.161 e. The summed E-state index contributed by atoms with van der Waals surface area (Å²) in [5.74, 6) is 1.55. The second kappa shape index (κ2) is 10.9. The van der Waals surface area contributed by atoms with E-state index in [4.69, 9.17) is 14.2 Å². The van der Waals surface area contributed by atoms with Gasteiger partial charge in [-0.3, -0.25) is 9.80 Å². The average molecular weight is 421 g/mol. The highest BCUT2D eigenvalue weighted by Crippen LogP contribution is 2.31. The number of piperazine rings is 1. The van der Waals surface area contributed by atoms with E-state index in [1.807, 2.05) is 17.5 Å². The van der Waals surface area contributed by atoms with Gasteiger partial charge in [-0.05, 0) is 41.6 Å². The third kappa shape index (κ3) is 6.42. The highest BCUT2D eigenvalue weighted by molar-refractivity contribution is 7.09. The third-order valence-corrected chi connectivity index (χ3v) is 6.15. The standard InChI is InChI=1S/C22H32N2O4S/c1-17-11-21(26-2)22(27-3)12-18(17)13-23-6-8-24(9-7-23)14-19(25)15-28-16-20-5-4-10-29-20/h4-5,10-12,19,25H,6-9,13-16H2,1-3H3. The fraction of sp³-hybridized carbons (Fsp3) is 0.545. The minimum absolute atomic E-state index is 0.378. The van der Waals surface area contributed by atoms with Gasteiger partial charge in [-0.2, -0.15) is 0 Å². The molecule has 2 heterocycles. The quantitative estimate of drug-likeness (QED) is 0.638. The van der Waals surface area contributed by atoms with Crippen LogP contribution in [0.4, 0.5) is 0 Å². The molecule has 2 aromatic rings. The molecule has 1 saturated heterocycles. The Bertz CT molecular complexity index is 746. The number of aliphatic hydroxyl groups excluding tert-OH is 1. The number of thiophene rings is 1. The Morgan fingerprint density at radius 1 is 1.07 bits per heavy atom. The number of hydrogen-bond acceptors (Lipinski definition) is 7. The number of nitrogens with zero attached hydrogens (tertiary/aromatic N) is 2. The van der Waals surface area contributed by atoms with Crippen molar-refractivity contribution in [3.05, 3.63) is 45.6 Å². The molecule has 3 rings (SSSR count). The van der Waals surface area contributed by atoms with Crippen LogP contribution in [0.25, 0.3) is 0 Å². The van der Waals surface area contributed by atoms with E-state index in [2.05, 4.69) is 28.9 Å². The van der Waals surface area contributed by atoms with Crippen molar-refractivity contribution in [1.29, 1.82) is 0 Å². The normalized spacial score (nSPS) is 16.7. The molecular weight excluding hydrogens is 388 g/mol. The number of β-amino-alcohol motifs (C(OH)–C–C–N with tert-alkyl or cyclic N) is 1. The van der Waals surface area contributed by atoms with Gasteiger partial charge < -0.3 is 19.3 Å². The van der Waals surface area contributed by atoms with Crippen LogP contribution in [0.5, 0.6) is 11.5 Å². The molecule has 0 spiro atoms. The van der Waals surface area contributed by atoms with Crippen molar-refractivity contribution in [3.8, 4) is 11.5 Å². The Morgan fingerprint density at radius 2 is 1.76 bits per heavy atom. The maximum absolute atomic E-state index is 10.3.